The van der Waals surface area contributed by atoms with Gasteiger partial charge in [-0.15, -0.1) is 0 Å². The first-order valence-corrected chi connectivity index (χ1v) is 8.19. The summed E-state index contributed by atoms with van der Waals surface area (Å²) in [6.07, 6.45) is 1.20. The summed E-state index contributed by atoms with van der Waals surface area (Å²) in [7, 11) is 0. The van der Waals surface area contributed by atoms with E-state index in [-0.39, 0.29) is 6.10 Å². The summed E-state index contributed by atoms with van der Waals surface area (Å²) in [4.78, 5) is 0. The molecule has 2 nitrogen and oxygen atoms in total. The van der Waals surface area contributed by atoms with E-state index < -0.39 is 0 Å². The summed E-state index contributed by atoms with van der Waals surface area (Å²) >= 11 is 6.99. The zero-order chi connectivity index (χ0) is 13.9. The zero-order valence-electron chi connectivity index (χ0n) is 10.9. The minimum absolute atomic E-state index is 0.228. The van der Waals surface area contributed by atoms with E-state index in [1.807, 2.05) is 18.2 Å². The standard InChI is InChI=1S/C16H15Br2NO/c17-13-3-1-2-11(6-13)9-19-10-15-8-12-7-14(18)4-5-16(12)20-15/h1-7,15,19H,8-10H2. The highest BCUT2D eigenvalue weighted by molar-refractivity contribution is 9.10. The molecule has 0 aromatic heterocycles. The van der Waals surface area contributed by atoms with Crippen molar-refractivity contribution >= 4 is 31.9 Å². The van der Waals surface area contributed by atoms with E-state index in [2.05, 4.69) is 61.4 Å². The highest BCUT2D eigenvalue weighted by atomic mass is 79.9. The first kappa shape index (κ1) is 14.1. The number of rotatable bonds is 4. The molecule has 1 N–H and O–H groups in total. The molecule has 1 aliphatic heterocycles. The van der Waals surface area contributed by atoms with Crippen molar-refractivity contribution in [2.75, 3.05) is 6.54 Å². The quantitative estimate of drug-likeness (QED) is 0.831. The fraction of sp³-hybridized carbons (Fsp3) is 0.250. The van der Waals surface area contributed by atoms with Gasteiger partial charge in [0.25, 0.3) is 0 Å². The van der Waals surface area contributed by atoms with Crippen LogP contribution in [0.15, 0.2) is 51.4 Å². The lowest BCUT2D eigenvalue weighted by molar-refractivity contribution is 0.227. The van der Waals surface area contributed by atoms with Crippen molar-refractivity contribution in [1.29, 1.82) is 0 Å². The number of ether oxygens (including phenoxy) is 1. The SMILES string of the molecule is Brc1cccc(CNCC2Cc3cc(Br)ccc3O2)c1. The second kappa shape index (κ2) is 6.29. The molecule has 104 valence electrons. The van der Waals surface area contributed by atoms with Crippen LogP contribution < -0.4 is 10.1 Å². The van der Waals surface area contributed by atoms with Crippen LogP contribution in [0.3, 0.4) is 0 Å². The molecule has 0 radical (unpaired) electrons. The molecule has 1 unspecified atom stereocenters. The van der Waals surface area contributed by atoms with Gasteiger partial charge in [-0.3, -0.25) is 0 Å². The van der Waals surface area contributed by atoms with Crippen molar-refractivity contribution in [2.45, 2.75) is 19.1 Å². The molecule has 4 heteroatoms. The third-order valence-electron chi connectivity index (χ3n) is 3.35. The van der Waals surface area contributed by atoms with E-state index in [0.29, 0.717) is 0 Å². The topological polar surface area (TPSA) is 21.3 Å². The maximum atomic E-state index is 5.93. The van der Waals surface area contributed by atoms with E-state index >= 15 is 0 Å². The second-order valence-corrected chi connectivity index (χ2v) is 6.79. The molecule has 0 aliphatic carbocycles. The average Bonchev–Trinajstić information content (AvgIpc) is 2.80. The summed E-state index contributed by atoms with van der Waals surface area (Å²) in [6.45, 7) is 1.72. The van der Waals surface area contributed by atoms with Gasteiger partial charge in [-0.05, 0) is 41.5 Å². The van der Waals surface area contributed by atoms with Gasteiger partial charge in [-0.25, -0.2) is 0 Å². The van der Waals surface area contributed by atoms with Crippen LogP contribution >= 0.6 is 31.9 Å². The van der Waals surface area contributed by atoms with Crippen molar-refractivity contribution in [2.24, 2.45) is 0 Å². The van der Waals surface area contributed by atoms with Crippen LogP contribution in [0.2, 0.25) is 0 Å². The predicted molar refractivity (Wildman–Crippen MR) is 88.1 cm³/mol. The molecule has 0 spiro atoms. The Balaban J connectivity index is 1.51. The highest BCUT2D eigenvalue weighted by Gasteiger charge is 2.22. The van der Waals surface area contributed by atoms with Gasteiger partial charge in [0.05, 0.1) is 0 Å². The van der Waals surface area contributed by atoms with Crippen LogP contribution in [-0.4, -0.2) is 12.6 Å². The maximum absolute atomic E-state index is 5.93. The minimum atomic E-state index is 0.228. The Kier molecular flexibility index (Phi) is 4.44. The Bertz CT molecular complexity index is 615. The smallest absolute Gasteiger partial charge is 0.123 e. The lowest BCUT2D eigenvalue weighted by atomic mass is 10.1. The lowest BCUT2D eigenvalue weighted by Gasteiger charge is -2.12. The Morgan fingerprint density at radius 3 is 2.80 bits per heavy atom. The predicted octanol–water partition coefficient (Wildman–Crippen LogP) is 4.30. The summed E-state index contributed by atoms with van der Waals surface area (Å²) in [6, 6.07) is 14.6. The van der Waals surface area contributed by atoms with Crippen LogP contribution in [0.1, 0.15) is 11.1 Å². The van der Waals surface area contributed by atoms with Crippen molar-refractivity contribution in [1.82, 2.24) is 5.32 Å². The molecule has 3 rings (SSSR count). The number of hydrogen-bond acceptors (Lipinski definition) is 2. The van der Waals surface area contributed by atoms with E-state index in [9.17, 15) is 0 Å². The molecular formula is C16H15Br2NO. The Hall–Kier alpha value is -0.840. The third-order valence-corrected chi connectivity index (χ3v) is 4.34. The zero-order valence-corrected chi connectivity index (χ0v) is 14.1. The fourth-order valence-corrected chi connectivity index (χ4v) is 3.28. The van der Waals surface area contributed by atoms with Gasteiger partial charge in [0.15, 0.2) is 0 Å². The Labute approximate surface area is 135 Å². The van der Waals surface area contributed by atoms with Crippen molar-refractivity contribution < 1.29 is 4.74 Å². The molecule has 2 aromatic carbocycles. The molecule has 0 bridgehead atoms. The number of benzene rings is 2. The van der Waals surface area contributed by atoms with Crippen LogP contribution in [0.25, 0.3) is 0 Å². The monoisotopic (exact) mass is 395 g/mol. The summed E-state index contributed by atoms with van der Waals surface area (Å²) < 4.78 is 8.16. The van der Waals surface area contributed by atoms with Gasteiger partial charge in [0.2, 0.25) is 0 Å². The largest absolute Gasteiger partial charge is 0.488 e. The molecule has 0 fully saturated rings. The van der Waals surface area contributed by atoms with E-state index in [0.717, 1.165) is 34.2 Å². The summed E-state index contributed by atoms with van der Waals surface area (Å²) in [5, 5.41) is 3.46. The number of fused-ring (bicyclic) bond motifs is 1. The van der Waals surface area contributed by atoms with E-state index in [1.165, 1.54) is 11.1 Å². The molecule has 2 aromatic rings. The van der Waals surface area contributed by atoms with Gasteiger partial charge in [0.1, 0.15) is 11.9 Å². The normalized spacial score (nSPS) is 16.8. The summed E-state index contributed by atoms with van der Waals surface area (Å²) in [5.74, 6) is 1.02. The van der Waals surface area contributed by atoms with Crippen molar-refractivity contribution in [3.05, 3.63) is 62.5 Å². The first-order chi connectivity index (χ1) is 9.70. The van der Waals surface area contributed by atoms with Crippen LogP contribution in [0.5, 0.6) is 5.75 Å². The molecular weight excluding hydrogens is 382 g/mol. The molecule has 20 heavy (non-hydrogen) atoms. The van der Waals surface area contributed by atoms with E-state index in [1.54, 1.807) is 0 Å². The molecule has 1 aliphatic rings. The van der Waals surface area contributed by atoms with Gasteiger partial charge in [-0.1, -0.05) is 44.0 Å². The van der Waals surface area contributed by atoms with Crippen molar-refractivity contribution in [3.8, 4) is 5.75 Å². The lowest BCUT2D eigenvalue weighted by Crippen LogP contribution is -2.29. The van der Waals surface area contributed by atoms with Gasteiger partial charge >= 0.3 is 0 Å². The highest BCUT2D eigenvalue weighted by Crippen LogP contribution is 2.30. The first-order valence-electron chi connectivity index (χ1n) is 6.61. The van der Waals surface area contributed by atoms with Crippen molar-refractivity contribution in [3.63, 3.8) is 0 Å². The Morgan fingerprint density at radius 2 is 1.95 bits per heavy atom. The fourth-order valence-electron chi connectivity index (χ4n) is 2.43. The van der Waals surface area contributed by atoms with Gasteiger partial charge in [-0.2, -0.15) is 0 Å². The second-order valence-electron chi connectivity index (χ2n) is 4.96. The van der Waals surface area contributed by atoms with Gasteiger partial charge in [0, 0.05) is 28.5 Å². The van der Waals surface area contributed by atoms with Crippen LogP contribution in [0, 0.1) is 0 Å². The minimum Gasteiger partial charge on any atom is -0.488 e. The molecule has 0 amide bonds. The van der Waals surface area contributed by atoms with Crippen LogP contribution in [-0.2, 0) is 13.0 Å². The molecule has 1 heterocycles. The molecule has 0 saturated carbocycles. The number of nitrogens with one attached hydrogen (secondary N) is 1. The van der Waals surface area contributed by atoms with Gasteiger partial charge < -0.3 is 10.1 Å². The van der Waals surface area contributed by atoms with Crippen LogP contribution in [0.4, 0.5) is 0 Å². The number of hydrogen-bond donors (Lipinski definition) is 1. The maximum Gasteiger partial charge on any atom is 0.123 e. The van der Waals surface area contributed by atoms with E-state index in [4.69, 9.17) is 4.74 Å². The number of halogens is 2. The molecule has 1 atom stereocenters. The average molecular weight is 397 g/mol. The molecule has 0 saturated heterocycles. The third kappa shape index (κ3) is 3.43. The Morgan fingerprint density at radius 1 is 1.10 bits per heavy atom. The summed E-state index contributed by atoms with van der Waals surface area (Å²) in [5.41, 5.74) is 2.56.